The third kappa shape index (κ3) is 3.71. The first kappa shape index (κ1) is 21.1. The van der Waals surface area contributed by atoms with Crippen LogP contribution < -0.4 is 14.8 Å². The summed E-state index contributed by atoms with van der Waals surface area (Å²) in [5, 5.41) is 18.3. The minimum Gasteiger partial charge on any atom is -0.508 e. The number of nitrogens with one attached hydrogen (secondary N) is 1. The molecule has 0 saturated heterocycles. The van der Waals surface area contributed by atoms with Crippen LogP contribution in [0.25, 0.3) is 11.4 Å². The number of ketones is 1. The van der Waals surface area contributed by atoms with E-state index in [9.17, 15) is 9.90 Å². The van der Waals surface area contributed by atoms with E-state index in [1.54, 1.807) is 43.2 Å². The van der Waals surface area contributed by atoms with Gasteiger partial charge < -0.3 is 19.9 Å². The van der Waals surface area contributed by atoms with Crippen LogP contribution in [0.15, 0.2) is 53.7 Å². The van der Waals surface area contributed by atoms with E-state index in [1.165, 1.54) is 0 Å². The van der Waals surface area contributed by atoms with Crippen LogP contribution in [0.4, 0.5) is 5.95 Å². The van der Waals surface area contributed by atoms with Gasteiger partial charge >= 0.3 is 0 Å². The number of Topliss-reactive ketones (excluding diaryl/α,β-unsaturated/α-hetero) is 1. The molecule has 1 aliphatic heterocycles. The molecule has 8 nitrogen and oxygen atoms in total. The molecule has 170 valence electrons. The van der Waals surface area contributed by atoms with Crippen molar-refractivity contribution >= 4 is 11.7 Å². The average Bonchev–Trinajstić information content (AvgIpc) is 3.20. The molecule has 2 heterocycles. The van der Waals surface area contributed by atoms with Crippen LogP contribution in [-0.4, -0.2) is 39.9 Å². The molecular weight excluding hydrogens is 420 g/mol. The Hall–Kier alpha value is -3.81. The van der Waals surface area contributed by atoms with Gasteiger partial charge in [-0.2, -0.15) is 4.98 Å². The zero-order chi connectivity index (χ0) is 23.3. The van der Waals surface area contributed by atoms with Crippen molar-refractivity contribution in [1.82, 2.24) is 14.8 Å². The summed E-state index contributed by atoms with van der Waals surface area (Å²) in [6, 6.07) is 11.9. The number of fused-ring (bicyclic) bond motifs is 1. The van der Waals surface area contributed by atoms with E-state index in [4.69, 9.17) is 19.6 Å². The second kappa shape index (κ2) is 7.65. The molecule has 0 amide bonds. The normalized spacial score (nSPS) is 18.9. The maximum atomic E-state index is 13.3. The Balaban J connectivity index is 1.68. The van der Waals surface area contributed by atoms with Crippen molar-refractivity contribution in [2.45, 2.75) is 32.7 Å². The molecule has 0 saturated carbocycles. The number of ether oxygens (including phenoxy) is 2. The summed E-state index contributed by atoms with van der Waals surface area (Å²) in [4.78, 5) is 18.1. The van der Waals surface area contributed by atoms with Gasteiger partial charge in [-0.1, -0.05) is 26.0 Å². The van der Waals surface area contributed by atoms with Gasteiger partial charge in [-0.15, -0.1) is 5.10 Å². The number of carbonyl (C=O) groups excluding carboxylic acids is 1. The van der Waals surface area contributed by atoms with E-state index >= 15 is 0 Å². The van der Waals surface area contributed by atoms with Crippen LogP contribution in [0.1, 0.15) is 38.3 Å². The zero-order valence-electron chi connectivity index (χ0n) is 19.0. The van der Waals surface area contributed by atoms with Crippen molar-refractivity contribution in [3.8, 4) is 28.6 Å². The number of hydrogen-bond donors (Lipinski definition) is 2. The molecule has 2 aromatic carbocycles. The van der Waals surface area contributed by atoms with Gasteiger partial charge in [0.25, 0.3) is 0 Å². The van der Waals surface area contributed by atoms with E-state index < -0.39 is 6.04 Å². The van der Waals surface area contributed by atoms with Crippen LogP contribution >= 0.6 is 0 Å². The van der Waals surface area contributed by atoms with Gasteiger partial charge in [-0.3, -0.25) is 4.79 Å². The molecule has 3 aromatic rings. The fourth-order valence-corrected chi connectivity index (χ4v) is 4.67. The highest BCUT2D eigenvalue weighted by molar-refractivity contribution is 6.00. The molecule has 2 N–H and O–H groups in total. The van der Waals surface area contributed by atoms with Crippen molar-refractivity contribution in [2.24, 2.45) is 5.41 Å². The zero-order valence-corrected chi connectivity index (χ0v) is 19.0. The molecule has 33 heavy (non-hydrogen) atoms. The Morgan fingerprint density at radius 1 is 1.09 bits per heavy atom. The SMILES string of the molecule is COc1cc(OC)cc(-c2nc3n(n2)C(c2cccc(O)c2)C2=C(CC(C)(C)CC2=O)N3)c1. The Morgan fingerprint density at radius 3 is 2.48 bits per heavy atom. The van der Waals surface area contributed by atoms with E-state index in [2.05, 4.69) is 19.2 Å². The maximum absolute atomic E-state index is 13.3. The molecule has 1 aliphatic carbocycles. The summed E-state index contributed by atoms with van der Waals surface area (Å²) < 4.78 is 12.5. The highest BCUT2D eigenvalue weighted by Gasteiger charge is 2.42. The van der Waals surface area contributed by atoms with Crippen molar-refractivity contribution in [1.29, 1.82) is 0 Å². The lowest BCUT2D eigenvalue weighted by Gasteiger charge is -2.38. The Bertz CT molecular complexity index is 1270. The monoisotopic (exact) mass is 446 g/mol. The number of aromatic nitrogens is 3. The van der Waals surface area contributed by atoms with Crippen molar-refractivity contribution in [3.63, 3.8) is 0 Å². The quantitative estimate of drug-likeness (QED) is 0.616. The molecule has 2 aliphatic rings. The smallest absolute Gasteiger partial charge is 0.226 e. The molecule has 8 heteroatoms. The van der Waals surface area contributed by atoms with Gasteiger partial charge in [-0.25, -0.2) is 4.68 Å². The van der Waals surface area contributed by atoms with Crippen LogP contribution in [0.3, 0.4) is 0 Å². The van der Waals surface area contributed by atoms with Gasteiger partial charge in [-0.05, 0) is 41.7 Å². The first-order chi connectivity index (χ1) is 15.8. The Morgan fingerprint density at radius 2 is 1.82 bits per heavy atom. The van der Waals surface area contributed by atoms with Crippen molar-refractivity contribution in [2.75, 3.05) is 19.5 Å². The van der Waals surface area contributed by atoms with E-state index in [1.807, 2.05) is 18.2 Å². The molecule has 1 aromatic heterocycles. The van der Waals surface area contributed by atoms with E-state index in [0.717, 1.165) is 23.2 Å². The molecular formula is C25H26N4O4. The molecule has 0 radical (unpaired) electrons. The van der Waals surface area contributed by atoms with Crippen LogP contribution in [-0.2, 0) is 4.79 Å². The summed E-state index contributed by atoms with van der Waals surface area (Å²) in [7, 11) is 3.18. The number of allylic oxidation sites excluding steroid dienone is 2. The van der Waals surface area contributed by atoms with Gasteiger partial charge in [0, 0.05) is 29.3 Å². The van der Waals surface area contributed by atoms with Gasteiger partial charge in [0.15, 0.2) is 11.6 Å². The predicted octanol–water partition coefficient (Wildman–Crippen LogP) is 4.33. The molecule has 0 fully saturated rings. The number of carbonyl (C=O) groups is 1. The van der Waals surface area contributed by atoms with Gasteiger partial charge in [0.2, 0.25) is 5.95 Å². The number of phenolic OH excluding ortho intramolecular Hbond substituents is 1. The topological polar surface area (TPSA) is 98.5 Å². The standard InChI is InChI=1S/C25H26N4O4/c1-25(2)12-19-21(20(31)13-25)22(14-6-5-7-16(30)8-14)29-24(26-19)27-23(28-29)15-9-17(32-3)11-18(10-15)33-4/h5-11,22,30H,12-13H2,1-4H3,(H,26,27,28). The van der Waals surface area contributed by atoms with Gasteiger partial charge in [0.1, 0.15) is 23.3 Å². The second-order valence-corrected chi connectivity index (χ2v) is 9.26. The highest BCUT2D eigenvalue weighted by Crippen LogP contribution is 2.46. The van der Waals surface area contributed by atoms with Crippen LogP contribution in [0, 0.1) is 5.41 Å². The second-order valence-electron chi connectivity index (χ2n) is 9.26. The summed E-state index contributed by atoms with van der Waals surface area (Å²) >= 11 is 0. The number of aromatic hydroxyl groups is 1. The number of rotatable bonds is 4. The summed E-state index contributed by atoms with van der Waals surface area (Å²) in [5.74, 6) is 2.49. The number of benzene rings is 2. The fourth-order valence-electron chi connectivity index (χ4n) is 4.67. The van der Waals surface area contributed by atoms with Crippen molar-refractivity contribution < 1.29 is 19.4 Å². The predicted molar refractivity (Wildman–Crippen MR) is 123 cm³/mol. The fraction of sp³-hybridized carbons (Fsp3) is 0.320. The molecule has 0 bridgehead atoms. The third-order valence-corrected chi connectivity index (χ3v) is 6.13. The number of hydrogen-bond acceptors (Lipinski definition) is 7. The molecule has 1 unspecified atom stereocenters. The minimum atomic E-state index is -0.485. The van der Waals surface area contributed by atoms with Crippen LogP contribution in [0.5, 0.6) is 17.2 Å². The summed E-state index contributed by atoms with van der Waals surface area (Å²) in [6.07, 6.45) is 1.17. The highest BCUT2D eigenvalue weighted by atomic mass is 16.5. The number of anilines is 1. The third-order valence-electron chi connectivity index (χ3n) is 6.13. The van der Waals surface area contributed by atoms with Crippen LogP contribution in [0.2, 0.25) is 0 Å². The molecule has 5 rings (SSSR count). The Kier molecular flexibility index (Phi) is 4.88. The maximum Gasteiger partial charge on any atom is 0.226 e. The van der Waals surface area contributed by atoms with E-state index in [0.29, 0.717) is 35.3 Å². The van der Waals surface area contributed by atoms with Crippen molar-refractivity contribution in [3.05, 3.63) is 59.3 Å². The lowest BCUT2D eigenvalue weighted by molar-refractivity contribution is -0.118. The largest absolute Gasteiger partial charge is 0.508 e. The molecule has 0 spiro atoms. The summed E-state index contributed by atoms with van der Waals surface area (Å²) in [5.41, 5.74) is 2.89. The Labute approximate surface area is 191 Å². The van der Waals surface area contributed by atoms with E-state index in [-0.39, 0.29) is 16.9 Å². The van der Waals surface area contributed by atoms with Gasteiger partial charge in [0.05, 0.1) is 14.2 Å². The lowest BCUT2D eigenvalue weighted by atomic mass is 9.73. The number of nitrogens with zero attached hydrogens (tertiary/aromatic N) is 3. The first-order valence-corrected chi connectivity index (χ1v) is 10.8. The minimum absolute atomic E-state index is 0.0767. The number of phenols is 1. The summed E-state index contributed by atoms with van der Waals surface area (Å²) in [6.45, 7) is 4.18. The first-order valence-electron chi connectivity index (χ1n) is 10.8. The molecule has 1 atom stereocenters. The average molecular weight is 447 g/mol. The number of methoxy groups -OCH3 is 2. The lowest BCUT2D eigenvalue weighted by Crippen LogP contribution is -2.36.